The summed E-state index contributed by atoms with van der Waals surface area (Å²) in [6.07, 6.45) is 0.807. The van der Waals surface area contributed by atoms with E-state index >= 15 is 0 Å². The minimum Gasteiger partial charge on any atom is -0.465 e. The van der Waals surface area contributed by atoms with Gasteiger partial charge in [0.05, 0.1) is 18.2 Å². The van der Waals surface area contributed by atoms with Gasteiger partial charge >= 0.3 is 6.09 Å². The van der Waals surface area contributed by atoms with Gasteiger partial charge in [-0.05, 0) is 54.7 Å². The Hall–Kier alpha value is -1.79. The molecule has 7 heteroatoms. The van der Waals surface area contributed by atoms with Crippen LogP contribution in [0.3, 0.4) is 0 Å². The fraction of sp³-hybridized carbons (Fsp3) is 0.435. The minimum atomic E-state index is -0.846. The normalized spacial score (nSPS) is 19.5. The summed E-state index contributed by atoms with van der Waals surface area (Å²) in [4.78, 5) is 15.2. The molecule has 0 bridgehead atoms. The average Bonchev–Trinajstić information content (AvgIpc) is 3.11. The van der Waals surface area contributed by atoms with Crippen molar-refractivity contribution in [1.82, 2.24) is 9.80 Å². The first kappa shape index (κ1) is 21.4. The van der Waals surface area contributed by atoms with E-state index in [-0.39, 0.29) is 11.6 Å². The number of hydrogen-bond donors (Lipinski definition) is 1. The number of amides is 1. The quantitative estimate of drug-likeness (QED) is 0.705. The maximum Gasteiger partial charge on any atom is 0.407 e. The number of halogens is 2. The van der Waals surface area contributed by atoms with E-state index in [2.05, 4.69) is 29.2 Å². The van der Waals surface area contributed by atoms with Gasteiger partial charge in [-0.1, -0.05) is 47.5 Å². The molecule has 0 spiro atoms. The number of piperazine rings is 1. The molecule has 5 nitrogen and oxygen atoms in total. The van der Waals surface area contributed by atoms with Crippen LogP contribution >= 0.6 is 23.2 Å². The van der Waals surface area contributed by atoms with Crippen molar-refractivity contribution in [2.45, 2.75) is 31.4 Å². The molecule has 4 rings (SSSR count). The molecule has 0 radical (unpaired) electrons. The highest BCUT2D eigenvalue weighted by Gasteiger charge is 2.44. The second-order valence-electron chi connectivity index (χ2n) is 8.26. The first-order chi connectivity index (χ1) is 14.4. The summed E-state index contributed by atoms with van der Waals surface area (Å²) < 4.78 is 6.40. The third kappa shape index (κ3) is 4.45. The van der Waals surface area contributed by atoms with Crippen molar-refractivity contribution in [3.8, 4) is 0 Å². The molecule has 1 heterocycles. The van der Waals surface area contributed by atoms with E-state index in [1.165, 1.54) is 16.0 Å². The molecule has 1 fully saturated rings. The zero-order chi connectivity index (χ0) is 21.3. The van der Waals surface area contributed by atoms with Crippen LogP contribution in [0, 0.1) is 0 Å². The molecule has 2 aliphatic rings. The van der Waals surface area contributed by atoms with Crippen LogP contribution in [0.5, 0.6) is 0 Å². The molecule has 1 atom stereocenters. The molecule has 30 heavy (non-hydrogen) atoms. The molecular formula is C23H26Cl2N2O3. The van der Waals surface area contributed by atoms with E-state index in [1.54, 1.807) is 6.07 Å². The summed E-state index contributed by atoms with van der Waals surface area (Å²) in [5, 5.41) is 10.5. The highest BCUT2D eigenvalue weighted by Crippen LogP contribution is 2.37. The monoisotopic (exact) mass is 448 g/mol. The second-order valence-corrected chi connectivity index (χ2v) is 9.13. The van der Waals surface area contributed by atoms with Gasteiger partial charge in [-0.3, -0.25) is 4.90 Å². The Morgan fingerprint density at radius 1 is 1.07 bits per heavy atom. The Morgan fingerprint density at radius 3 is 2.17 bits per heavy atom. The summed E-state index contributed by atoms with van der Waals surface area (Å²) in [6, 6.07) is 14.0. The predicted octanol–water partition coefficient (Wildman–Crippen LogP) is 4.90. The lowest BCUT2D eigenvalue weighted by Crippen LogP contribution is -2.60. The van der Waals surface area contributed by atoms with Crippen molar-refractivity contribution in [1.29, 1.82) is 0 Å². The molecule has 160 valence electrons. The van der Waals surface area contributed by atoms with Crippen LogP contribution in [-0.4, -0.2) is 59.3 Å². The van der Waals surface area contributed by atoms with Gasteiger partial charge in [0.25, 0.3) is 0 Å². The Labute approximate surface area is 187 Å². The van der Waals surface area contributed by atoms with Crippen molar-refractivity contribution in [2.24, 2.45) is 0 Å². The van der Waals surface area contributed by atoms with Gasteiger partial charge in [-0.15, -0.1) is 0 Å². The van der Waals surface area contributed by atoms with Gasteiger partial charge < -0.3 is 14.7 Å². The zero-order valence-electron chi connectivity index (χ0n) is 17.0. The molecule has 1 saturated heterocycles. The Kier molecular flexibility index (Phi) is 6.26. The van der Waals surface area contributed by atoms with Crippen LogP contribution in [0.25, 0.3) is 0 Å². The third-order valence-corrected chi connectivity index (χ3v) is 6.77. The van der Waals surface area contributed by atoms with E-state index in [0.29, 0.717) is 42.8 Å². The maximum atomic E-state index is 11.3. The molecule has 2 aromatic carbocycles. The highest BCUT2D eigenvalue weighted by molar-refractivity contribution is 6.34. The van der Waals surface area contributed by atoms with Gasteiger partial charge in [0.1, 0.15) is 0 Å². The lowest BCUT2D eigenvalue weighted by molar-refractivity contribution is -0.0474. The Balaban J connectivity index is 1.52. The lowest BCUT2D eigenvalue weighted by Gasteiger charge is -2.45. The second kappa shape index (κ2) is 8.75. The summed E-state index contributed by atoms with van der Waals surface area (Å²) in [7, 11) is 0. The number of carbonyl (C=O) groups is 1. The summed E-state index contributed by atoms with van der Waals surface area (Å²) >= 11 is 12.3. The number of fused-ring (bicyclic) bond motifs is 1. The fourth-order valence-electron chi connectivity index (χ4n) is 4.65. The largest absolute Gasteiger partial charge is 0.465 e. The molecule has 1 unspecified atom stereocenters. The van der Waals surface area contributed by atoms with E-state index < -0.39 is 6.09 Å². The average molecular weight is 449 g/mol. The van der Waals surface area contributed by atoms with E-state index in [0.717, 1.165) is 18.4 Å². The number of ether oxygens (including phenoxy) is 1. The summed E-state index contributed by atoms with van der Waals surface area (Å²) in [6.45, 7) is 5.03. The maximum absolute atomic E-state index is 11.3. The molecule has 1 aliphatic heterocycles. The molecule has 2 aromatic rings. The first-order valence-corrected chi connectivity index (χ1v) is 11.0. The highest BCUT2D eigenvalue weighted by atomic mass is 35.5. The smallest absolute Gasteiger partial charge is 0.407 e. The van der Waals surface area contributed by atoms with E-state index in [4.69, 9.17) is 27.9 Å². The van der Waals surface area contributed by atoms with Crippen LogP contribution in [0.15, 0.2) is 42.5 Å². The van der Waals surface area contributed by atoms with E-state index in [9.17, 15) is 9.90 Å². The van der Waals surface area contributed by atoms with Crippen molar-refractivity contribution in [2.75, 3.05) is 32.8 Å². The fourth-order valence-corrected chi connectivity index (χ4v) is 5.19. The van der Waals surface area contributed by atoms with Crippen molar-refractivity contribution >= 4 is 29.3 Å². The van der Waals surface area contributed by atoms with Gasteiger partial charge in [-0.2, -0.15) is 0 Å². The number of benzene rings is 2. The van der Waals surface area contributed by atoms with Gasteiger partial charge in [-0.25, -0.2) is 4.79 Å². The zero-order valence-corrected chi connectivity index (χ0v) is 18.5. The van der Waals surface area contributed by atoms with Crippen LogP contribution in [0.2, 0.25) is 10.0 Å². The lowest BCUT2D eigenvalue weighted by atomic mass is 9.93. The number of rotatable bonds is 5. The molecule has 1 aliphatic carbocycles. The van der Waals surface area contributed by atoms with Crippen LogP contribution in [-0.2, 0) is 17.6 Å². The van der Waals surface area contributed by atoms with Crippen LogP contribution < -0.4 is 0 Å². The van der Waals surface area contributed by atoms with Crippen molar-refractivity contribution in [3.63, 3.8) is 0 Å². The SMILES string of the molecule is CC(OCC1(N2CCN(C(=O)O)CC2)Cc2ccccc2C1)c1cc(Cl)cc(Cl)c1. The standard InChI is InChI=1S/C23H26Cl2N2O3/c1-16(19-10-20(24)12-21(25)11-19)30-15-23(13-17-4-2-3-5-18(17)14-23)27-8-6-26(7-9-27)22(28)29/h2-5,10-12,16H,6-9,13-15H2,1H3,(H,28,29). The molecule has 1 N–H and O–H groups in total. The van der Waals surface area contributed by atoms with Gasteiger partial charge in [0.15, 0.2) is 0 Å². The van der Waals surface area contributed by atoms with E-state index in [1.807, 2.05) is 19.1 Å². The van der Waals surface area contributed by atoms with Crippen molar-refractivity contribution in [3.05, 3.63) is 69.2 Å². The molecule has 0 saturated carbocycles. The number of carboxylic acid groups (broad SMARTS) is 1. The Morgan fingerprint density at radius 2 is 1.63 bits per heavy atom. The molecular weight excluding hydrogens is 423 g/mol. The topological polar surface area (TPSA) is 53.0 Å². The number of hydrogen-bond acceptors (Lipinski definition) is 3. The Bertz CT molecular complexity index is 883. The van der Waals surface area contributed by atoms with Crippen molar-refractivity contribution < 1.29 is 14.6 Å². The van der Waals surface area contributed by atoms with Crippen LogP contribution in [0.4, 0.5) is 4.79 Å². The van der Waals surface area contributed by atoms with Crippen LogP contribution in [0.1, 0.15) is 29.7 Å². The van der Waals surface area contributed by atoms with Gasteiger partial charge in [0.2, 0.25) is 0 Å². The minimum absolute atomic E-state index is 0.151. The summed E-state index contributed by atoms with van der Waals surface area (Å²) in [5.41, 5.74) is 3.47. The molecule has 1 amide bonds. The molecule has 0 aromatic heterocycles. The third-order valence-electron chi connectivity index (χ3n) is 6.33. The first-order valence-electron chi connectivity index (χ1n) is 10.2. The van der Waals surface area contributed by atoms with Gasteiger partial charge in [0, 0.05) is 36.2 Å². The summed E-state index contributed by atoms with van der Waals surface area (Å²) in [5.74, 6) is 0. The predicted molar refractivity (Wildman–Crippen MR) is 119 cm³/mol. The number of nitrogens with zero attached hydrogens (tertiary/aromatic N) is 2.